The summed E-state index contributed by atoms with van der Waals surface area (Å²) in [7, 11) is 0. The van der Waals surface area contributed by atoms with Crippen molar-refractivity contribution < 1.29 is 0 Å². The first-order valence-corrected chi connectivity index (χ1v) is 20.3. The van der Waals surface area contributed by atoms with E-state index in [-0.39, 0.29) is 16.2 Å². The predicted molar refractivity (Wildman–Crippen MR) is 220 cm³/mol. The molecule has 4 saturated carbocycles. The van der Waals surface area contributed by atoms with Crippen LogP contribution >= 0.6 is 0 Å². The van der Waals surface area contributed by atoms with E-state index in [1.54, 1.807) is 11.1 Å². The lowest BCUT2D eigenvalue weighted by atomic mass is 9.43. The van der Waals surface area contributed by atoms with Crippen LogP contribution in [0.4, 0.5) is 17.1 Å². The molecule has 53 heavy (non-hydrogen) atoms. The van der Waals surface area contributed by atoms with E-state index in [1.165, 1.54) is 105 Å². The summed E-state index contributed by atoms with van der Waals surface area (Å²) in [5.74, 6) is 3.33. The molecule has 0 N–H and O–H groups in total. The molecule has 0 saturated heterocycles. The molecule has 1 heteroatoms. The normalized spacial score (nSPS) is 26.5. The molecule has 0 heterocycles. The van der Waals surface area contributed by atoms with Crippen LogP contribution in [0.3, 0.4) is 0 Å². The van der Waals surface area contributed by atoms with Crippen molar-refractivity contribution in [2.45, 2.75) is 76.0 Å². The molecule has 0 radical (unpaired) electrons. The van der Waals surface area contributed by atoms with Gasteiger partial charge in [0.1, 0.15) is 0 Å². The fourth-order valence-corrected chi connectivity index (χ4v) is 13.5. The van der Waals surface area contributed by atoms with E-state index in [0.717, 1.165) is 23.7 Å². The minimum absolute atomic E-state index is 0.0785. The Bertz CT molecular complexity index is 2410. The Morgan fingerprint density at radius 3 is 1.42 bits per heavy atom. The lowest BCUT2D eigenvalue weighted by Crippen LogP contribution is -2.55. The topological polar surface area (TPSA) is 3.24 Å². The van der Waals surface area contributed by atoms with Crippen LogP contribution in [0.2, 0.25) is 0 Å². The highest BCUT2D eigenvalue weighted by Crippen LogP contribution is 2.70. The molecule has 1 nitrogen and oxygen atoms in total. The van der Waals surface area contributed by atoms with Crippen molar-refractivity contribution in [3.05, 3.63) is 161 Å². The van der Waals surface area contributed by atoms with Gasteiger partial charge in [0.05, 0.1) is 5.69 Å². The molecule has 0 aromatic heterocycles. The van der Waals surface area contributed by atoms with Gasteiger partial charge in [-0.3, -0.25) is 0 Å². The highest BCUT2D eigenvalue weighted by Gasteiger charge is 2.62. The predicted octanol–water partition coefficient (Wildman–Crippen LogP) is 13.5. The fourth-order valence-electron chi connectivity index (χ4n) is 13.5. The van der Waals surface area contributed by atoms with Crippen LogP contribution in [0.1, 0.15) is 93.2 Å². The van der Waals surface area contributed by atoms with Crippen LogP contribution in [0.15, 0.2) is 127 Å². The van der Waals surface area contributed by atoms with Gasteiger partial charge in [-0.1, -0.05) is 125 Å². The molecule has 0 amide bonds. The van der Waals surface area contributed by atoms with Crippen molar-refractivity contribution >= 4 is 17.1 Å². The van der Waals surface area contributed by atoms with E-state index in [9.17, 15) is 0 Å². The summed E-state index contributed by atoms with van der Waals surface area (Å²) in [6.07, 6.45) is 7.07. The molecule has 6 aromatic carbocycles. The van der Waals surface area contributed by atoms with E-state index in [0.29, 0.717) is 0 Å². The number of benzene rings is 6. The number of rotatable bonds is 3. The molecular weight excluding hydrogens is 639 g/mol. The molecule has 0 atom stereocenters. The van der Waals surface area contributed by atoms with Gasteiger partial charge in [-0.05, 0) is 147 Å². The van der Waals surface area contributed by atoms with Gasteiger partial charge in [0, 0.05) is 33.2 Å². The summed E-state index contributed by atoms with van der Waals surface area (Å²) in [6, 6.07) is 49.8. The summed E-state index contributed by atoms with van der Waals surface area (Å²) in [6.45, 7) is 9.64. The summed E-state index contributed by atoms with van der Waals surface area (Å²) >= 11 is 0. The molecule has 1 spiro atoms. The van der Waals surface area contributed by atoms with Gasteiger partial charge in [0.2, 0.25) is 0 Å². The van der Waals surface area contributed by atoms with Crippen molar-refractivity contribution in [3.63, 3.8) is 0 Å². The number of hydrogen-bond donors (Lipinski definition) is 0. The van der Waals surface area contributed by atoms with Crippen molar-refractivity contribution in [2.75, 3.05) is 4.90 Å². The van der Waals surface area contributed by atoms with Crippen LogP contribution in [-0.2, 0) is 16.2 Å². The Morgan fingerprint density at radius 1 is 0.415 bits per heavy atom. The monoisotopic (exact) mass is 685 g/mol. The van der Waals surface area contributed by atoms with Crippen LogP contribution in [0.25, 0.3) is 33.4 Å². The smallest absolute Gasteiger partial charge is 0.0543 e. The molecule has 0 aliphatic heterocycles. The summed E-state index contributed by atoms with van der Waals surface area (Å²) in [5, 5.41) is 0. The Hall–Kier alpha value is -4.88. The van der Waals surface area contributed by atoms with Gasteiger partial charge in [-0.15, -0.1) is 0 Å². The molecule has 0 unspecified atom stereocenters. The lowest BCUT2D eigenvalue weighted by molar-refractivity contribution is -0.0399. The van der Waals surface area contributed by atoms with Gasteiger partial charge in [-0.25, -0.2) is 0 Å². The Kier molecular flexibility index (Phi) is 5.88. The summed E-state index contributed by atoms with van der Waals surface area (Å²) in [4.78, 5) is 2.64. The molecule has 260 valence electrons. The van der Waals surface area contributed by atoms with E-state index >= 15 is 0 Å². The second kappa shape index (κ2) is 10.2. The quantitative estimate of drug-likeness (QED) is 0.179. The zero-order valence-corrected chi connectivity index (χ0v) is 31.4. The van der Waals surface area contributed by atoms with Gasteiger partial charge < -0.3 is 4.90 Å². The number of anilines is 3. The maximum atomic E-state index is 2.64. The first-order chi connectivity index (χ1) is 25.8. The minimum atomic E-state index is -0.0785. The zero-order chi connectivity index (χ0) is 35.4. The number of nitrogens with zero attached hydrogens (tertiary/aromatic N) is 1. The highest BCUT2D eigenvalue weighted by atomic mass is 15.1. The van der Waals surface area contributed by atoms with Gasteiger partial charge in [0.25, 0.3) is 0 Å². The molecule has 4 bridgehead atoms. The number of hydrogen-bond acceptors (Lipinski definition) is 1. The molecule has 13 rings (SSSR count). The lowest BCUT2D eigenvalue weighted by Gasteiger charge is -2.61. The summed E-state index contributed by atoms with van der Waals surface area (Å²) in [5.41, 5.74) is 21.1. The van der Waals surface area contributed by atoms with Crippen molar-refractivity contribution in [1.82, 2.24) is 0 Å². The molecule has 7 aliphatic carbocycles. The average molecular weight is 686 g/mol. The van der Waals surface area contributed by atoms with E-state index < -0.39 is 0 Å². The second-order valence-corrected chi connectivity index (χ2v) is 18.6. The zero-order valence-electron chi connectivity index (χ0n) is 31.4. The van der Waals surface area contributed by atoms with Crippen molar-refractivity contribution in [3.8, 4) is 33.4 Å². The Balaban J connectivity index is 1.11. The first-order valence-electron chi connectivity index (χ1n) is 20.3. The third-order valence-electron chi connectivity index (χ3n) is 15.4. The molecule has 6 aromatic rings. The second-order valence-electron chi connectivity index (χ2n) is 18.6. The van der Waals surface area contributed by atoms with Crippen LogP contribution in [0, 0.1) is 23.7 Å². The van der Waals surface area contributed by atoms with Crippen LogP contribution in [-0.4, -0.2) is 0 Å². The largest absolute Gasteiger partial charge is 0.310 e. The van der Waals surface area contributed by atoms with E-state index in [4.69, 9.17) is 0 Å². The van der Waals surface area contributed by atoms with Crippen LogP contribution in [0.5, 0.6) is 0 Å². The highest BCUT2D eigenvalue weighted by molar-refractivity contribution is 5.97. The van der Waals surface area contributed by atoms with Gasteiger partial charge in [-0.2, -0.15) is 0 Å². The molecule has 7 aliphatic rings. The Morgan fingerprint density at radius 2 is 0.868 bits per heavy atom. The van der Waals surface area contributed by atoms with Crippen molar-refractivity contribution in [2.24, 2.45) is 23.7 Å². The fraction of sp³-hybridized carbons (Fsp3) is 0.308. The minimum Gasteiger partial charge on any atom is -0.310 e. The maximum Gasteiger partial charge on any atom is 0.0543 e. The SMILES string of the molecule is CC1(C)c2ccccc2-c2ccc(N(c3ccc4c(c3)C(C)(C)c3ccccc3-4)c3cccc4c3-c3ccccc3C43C4CC5CC(C4)CC3C5)cc21. The summed E-state index contributed by atoms with van der Waals surface area (Å²) < 4.78 is 0. The third-order valence-corrected chi connectivity index (χ3v) is 15.4. The maximum absolute atomic E-state index is 2.64. The number of fused-ring (bicyclic) bond motifs is 9. The Labute approximate surface area is 314 Å². The van der Waals surface area contributed by atoms with Crippen LogP contribution < -0.4 is 4.90 Å². The first kappa shape index (κ1) is 30.6. The molecule has 4 fully saturated rings. The molecular formula is C52H47N. The van der Waals surface area contributed by atoms with Gasteiger partial charge in [0.15, 0.2) is 0 Å². The average Bonchev–Trinajstić information content (AvgIpc) is 3.69. The van der Waals surface area contributed by atoms with E-state index in [1.807, 2.05) is 0 Å². The van der Waals surface area contributed by atoms with Crippen molar-refractivity contribution in [1.29, 1.82) is 0 Å². The standard InChI is InChI=1S/C52H47N/c1-50(2)42-15-8-5-12-37(42)39-22-20-35(29-46(39)50)53(36-21-23-40-38-13-6-9-16-43(38)51(3,4)47(40)30-36)48-19-11-18-45-49(48)41-14-7-10-17-44(41)52(45)33-25-31-24-32(27-33)28-34(52)26-31/h5-23,29-34H,24-28H2,1-4H3. The van der Waals surface area contributed by atoms with Gasteiger partial charge >= 0.3 is 0 Å². The van der Waals surface area contributed by atoms with E-state index in [2.05, 4.69) is 160 Å². The third kappa shape index (κ3) is 3.74.